The molecule has 0 saturated heterocycles. The normalized spacial score (nSPS) is 15.3. The fourth-order valence-corrected chi connectivity index (χ4v) is 4.43. The van der Waals surface area contributed by atoms with Crippen LogP contribution in [-0.4, -0.2) is 11.1 Å². The Bertz CT molecular complexity index is 1070. The van der Waals surface area contributed by atoms with Gasteiger partial charge in [-0.15, -0.1) is 11.3 Å². The van der Waals surface area contributed by atoms with E-state index in [4.69, 9.17) is 5.11 Å². The Kier molecular flexibility index (Phi) is 4.78. The molecule has 1 N–H and O–H groups in total. The minimum absolute atomic E-state index is 0.130. The molecule has 140 valence electrons. The van der Waals surface area contributed by atoms with E-state index in [1.807, 2.05) is 18.2 Å². The topological polar surface area (TPSA) is 37.3 Å². The van der Waals surface area contributed by atoms with Crippen LogP contribution in [0.15, 0.2) is 66.1 Å². The molecule has 1 aliphatic rings. The van der Waals surface area contributed by atoms with E-state index in [-0.39, 0.29) is 5.41 Å². The lowest BCUT2D eigenvalue weighted by Crippen LogP contribution is -2.21. The second kappa shape index (κ2) is 7.25. The summed E-state index contributed by atoms with van der Waals surface area (Å²) in [5, 5.41) is 11.1. The van der Waals surface area contributed by atoms with Crippen LogP contribution in [0.2, 0.25) is 0 Å². The van der Waals surface area contributed by atoms with Crippen LogP contribution in [0.5, 0.6) is 0 Å². The number of allylic oxidation sites excluding steroid dienone is 1. The number of benzene rings is 2. The molecule has 0 fully saturated rings. The maximum atomic E-state index is 11.0. The van der Waals surface area contributed by atoms with E-state index in [0.717, 1.165) is 17.5 Å². The first-order chi connectivity index (χ1) is 13.4. The van der Waals surface area contributed by atoms with Crippen molar-refractivity contribution in [1.29, 1.82) is 0 Å². The third-order valence-electron chi connectivity index (χ3n) is 5.29. The van der Waals surface area contributed by atoms with Gasteiger partial charge in [0.05, 0.1) is 5.56 Å². The van der Waals surface area contributed by atoms with E-state index in [2.05, 4.69) is 61.7 Å². The Hall–Kier alpha value is -2.91. The number of carboxylic acids is 1. The first kappa shape index (κ1) is 18.5. The molecule has 2 aromatic carbocycles. The van der Waals surface area contributed by atoms with Gasteiger partial charge in [0.1, 0.15) is 0 Å². The summed E-state index contributed by atoms with van der Waals surface area (Å²) in [4.78, 5) is 12.3. The highest BCUT2D eigenvalue weighted by Crippen LogP contribution is 2.42. The standard InChI is InChI=1S/C25H22O2S/c1-25(2)14-13-20(23-4-3-15-28-23)21-16-18(9-12-22(21)25)6-5-17-7-10-19(11-8-17)24(26)27/h3-13,15-16H,14H2,1-2H3,(H,26,27). The molecule has 0 amide bonds. The summed E-state index contributed by atoms with van der Waals surface area (Å²) in [5.41, 5.74) is 6.58. The number of carboxylic acid groups (broad SMARTS) is 1. The highest BCUT2D eigenvalue weighted by molar-refractivity contribution is 7.11. The number of rotatable bonds is 4. The average Bonchev–Trinajstić information content (AvgIpc) is 3.21. The summed E-state index contributed by atoms with van der Waals surface area (Å²) in [6.45, 7) is 4.60. The smallest absolute Gasteiger partial charge is 0.335 e. The lowest BCUT2D eigenvalue weighted by molar-refractivity contribution is 0.0697. The maximum absolute atomic E-state index is 11.0. The summed E-state index contributed by atoms with van der Waals surface area (Å²) in [5.74, 6) is -0.902. The van der Waals surface area contributed by atoms with Crippen molar-refractivity contribution in [2.24, 2.45) is 0 Å². The van der Waals surface area contributed by atoms with Gasteiger partial charge < -0.3 is 5.11 Å². The fraction of sp³-hybridized carbons (Fsp3) is 0.160. The minimum Gasteiger partial charge on any atom is -0.478 e. The Morgan fingerprint density at radius 1 is 1.04 bits per heavy atom. The highest BCUT2D eigenvalue weighted by Gasteiger charge is 2.28. The third kappa shape index (κ3) is 3.58. The molecule has 3 aromatic rings. The van der Waals surface area contributed by atoms with Crippen LogP contribution in [0.3, 0.4) is 0 Å². The first-order valence-corrected chi connectivity index (χ1v) is 10.2. The van der Waals surface area contributed by atoms with Gasteiger partial charge in [-0.1, -0.05) is 62.4 Å². The zero-order valence-corrected chi connectivity index (χ0v) is 16.8. The first-order valence-electron chi connectivity index (χ1n) is 9.34. The van der Waals surface area contributed by atoms with E-state index < -0.39 is 5.97 Å². The molecule has 1 aliphatic carbocycles. The number of hydrogen-bond acceptors (Lipinski definition) is 2. The van der Waals surface area contributed by atoms with Crippen molar-refractivity contribution in [2.45, 2.75) is 25.7 Å². The molecule has 3 heteroatoms. The van der Waals surface area contributed by atoms with Gasteiger partial charge in [0.2, 0.25) is 0 Å². The van der Waals surface area contributed by atoms with E-state index in [0.29, 0.717) is 5.56 Å². The van der Waals surface area contributed by atoms with Crippen LogP contribution >= 0.6 is 11.3 Å². The maximum Gasteiger partial charge on any atom is 0.335 e. The third-order valence-corrected chi connectivity index (χ3v) is 6.20. The Balaban J connectivity index is 1.68. The summed E-state index contributed by atoms with van der Waals surface area (Å²) >= 11 is 1.78. The molecular weight excluding hydrogens is 364 g/mol. The van der Waals surface area contributed by atoms with Gasteiger partial charge in [-0.3, -0.25) is 0 Å². The highest BCUT2D eigenvalue weighted by atomic mass is 32.1. The van der Waals surface area contributed by atoms with Gasteiger partial charge in [0.25, 0.3) is 0 Å². The van der Waals surface area contributed by atoms with Crippen LogP contribution in [-0.2, 0) is 5.41 Å². The number of aromatic carboxylic acids is 1. The Morgan fingerprint density at radius 2 is 1.75 bits per heavy atom. The van der Waals surface area contributed by atoms with Crippen LogP contribution in [0, 0.1) is 0 Å². The molecule has 1 aromatic heterocycles. The zero-order valence-electron chi connectivity index (χ0n) is 16.0. The molecule has 0 spiro atoms. The monoisotopic (exact) mass is 386 g/mol. The van der Waals surface area contributed by atoms with Crippen LogP contribution in [0.1, 0.15) is 57.8 Å². The lowest BCUT2D eigenvalue weighted by Gasteiger charge is -2.32. The van der Waals surface area contributed by atoms with Crippen LogP contribution < -0.4 is 0 Å². The number of hydrogen-bond donors (Lipinski definition) is 1. The predicted molar refractivity (Wildman–Crippen MR) is 118 cm³/mol. The van der Waals surface area contributed by atoms with Crippen molar-refractivity contribution in [2.75, 3.05) is 0 Å². The molecule has 0 bridgehead atoms. The molecule has 0 aliphatic heterocycles. The molecule has 0 atom stereocenters. The molecule has 0 unspecified atom stereocenters. The van der Waals surface area contributed by atoms with Crippen molar-refractivity contribution >= 4 is 35.0 Å². The quantitative estimate of drug-likeness (QED) is 0.505. The number of carbonyl (C=O) groups is 1. The average molecular weight is 387 g/mol. The zero-order chi connectivity index (χ0) is 19.7. The van der Waals surface area contributed by atoms with Gasteiger partial charge in [0.15, 0.2) is 0 Å². The fourth-order valence-electron chi connectivity index (χ4n) is 3.65. The Morgan fingerprint density at radius 3 is 2.43 bits per heavy atom. The van der Waals surface area contributed by atoms with Crippen molar-refractivity contribution < 1.29 is 9.90 Å². The molecule has 4 rings (SSSR count). The van der Waals surface area contributed by atoms with Crippen molar-refractivity contribution in [3.8, 4) is 0 Å². The molecule has 0 radical (unpaired) electrons. The van der Waals surface area contributed by atoms with Gasteiger partial charge >= 0.3 is 5.97 Å². The molecule has 1 heterocycles. The molecule has 2 nitrogen and oxygen atoms in total. The van der Waals surface area contributed by atoms with E-state index >= 15 is 0 Å². The summed E-state index contributed by atoms with van der Waals surface area (Å²) in [7, 11) is 0. The summed E-state index contributed by atoms with van der Waals surface area (Å²) < 4.78 is 0. The minimum atomic E-state index is -0.902. The van der Waals surface area contributed by atoms with Gasteiger partial charge in [-0.2, -0.15) is 0 Å². The summed E-state index contributed by atoms with van der Waals surface area (Å²) in [6.07, 6.45) is 7.52. The van der Waals surface area contributed by atoms with Gasteiger partial charge in [-0.25, -0.2) is 4.79 Å². The molecular formula is C25H22O2S. The van der Waals surface area contributed by atoms with Crippen molar-refractivity contribution in [3.05, 3.63) is 98.7 Å². The predicted octanol–water partition coefficient (Wildman–Crippen LogP) is 6.73. The SMILES string of the molecule is CC1(C)CC=C(c2cccs2)c2cc(C=Cc3ccc(C(=O)O)cc3)ccc21. The van der Waals surface area contributed by atoms with Gasteiger partial charge in [-0.05, 0) is 69.3 Å². The molecule has 28 heavy (non-hydrogen) atoms. The van der Waals surface area contributed by atoms with Crippen LogP contribution in [0.4, 0.5) is 0 Å². The summed E-state index contributed by atoms with van der Waals surface area (Å²) in [6, 6.07) is 17.9. The Labute approximate surface area is 169 Å². The lowest BCUT2D eigenvalue weighted by atomic mass is 9.73. The second-order valence-electron chi connectivity index (χ2n) is 7.75. The van der Waals surface area contributed by atoms with Crippen molar-refractivity contribution in [3.63, 3.8) is 0 Å². The van der Waals surface area contributed by atoms with Gasteiger partial charge in [0, 0.05) is 4.88 Å². The van der Waals surface area contributed by atoms with E-state index in [1.165, 1.54) is 21.6 Å². The van der Waals surface area contributed by atoms with E-state index in [9.17, 15) is 4.79 Å². The van der Waals surface area contributed by atoms with Crippen molar-refractivity contribution in [1.82, 2.24) is 0 Å². The largest absolute Gasteiger partial charge is 0.478 e. The number of thiophene rings is 1. The number of fused-ring (bicyclic) bond motifs is 1. The van der Waals surface area contributed by atoms with E-state index in [1.54, 1.807) is 23.5 Å². The second-order valence-corrected chi connectivity index (χ2v) is 8.70. The molecule has 0 saturated carbocycles. The van der Waals surface area contributed by atoms with Crippen LogP contribution in [0.25, 0.3) is 17.7 Å².